The maximum absolute atomic E-state index is 12.0. The van der Waals surface area contributed by atoms with E-state index >= 15 is 0 Å². The van der Waals surface area contributed by atoms with Gasteiger partial charge in [-0.25, -0.2) is 0 Å². The van der Waals surface area contributed by atoms with Crippen molar-refractivity contribution < 1.29 is 9.90 Å². The Kier molecular flexibility index (Phi) is 5.04. The summed E-state index contributed by atoms with van der Waals surface area (Å²) in [6.45, 7) is 1.96. The number of halogens is 2. The predicted molar refractivity (Wildman–Crippen MR) is 76.2 cm³/mol. The van der Waals surface area contributed by atoms with E-state index in [-0.39, 0.29) is 17.7 Å². The molecule has 0 saturated heterocycles. The number of benzene rings is 1. The van der Waals surface area contributed by atoms with Crippen molar-refractivity contribution in [1.82, 2.24) is 4.90 Å². The van der Waals surface area contributed by atoms with Crippen molar-refractivity contribution in [3.05, 3.63) is 27.3 Å². The summed E-state index contributed by atoms with van der Waals surface area (Å²) in [5.74, 6) is 0.0602. The molecule has 0 fully saturated rings. The average Bonchev–Trinajstić information content (AvgIpc) is 2.29. The van der Waals surface area contributed by atoms with E-state index in [0.717, 1.165) is 8.90 Å². The van der Waals surface area contributed by atoms with Gasteiger partial charge in [-0.1, -0.05) is 15.9 Å². The summed E-state index contributed by atoms with van der Waals surface area (Å²) < 4.78 is 0.741. The molecule has 3 nitrogen and oxygen atoms in total. The summed E-state index contributed by atoms with van der Waals surface area (Å²) in [6, 6.07) is 5.08. The van der Waals surface area contributed by atoms with Crippen LogP contribution in [0.2, 0.25) is 0 Å². The molecule has 0 aliphatic rings. The van der Waals surface area contributed by atoms with Crippen LogP contribution in [-0.4, -0.2) is 34.3 Å². The number of aromatic hydroxyl groups is 1. The molecule has 0 aliphatic heterocycles. The Morgan fingerprint density at radius 1 is 1.62 bits per heavy atom. The van der Waals surface area contributed by atoms with Crippen LogP contribution in [-0.2, 0) is 0 Å². The van der Waals surface area contributed by atoms with Gasteiger partial charge in [0.05, 0.1) is 3.57 Å². The van der Waals surface area contributed by atoms with Crippen LogP contribution in [0, 0.1) is 3.57 Å². The maximum Gasteiger partial charge on any atom is 0.253 e. The average molecular weight is 398 g/mol. The van der Waals surface area contributed by atoms with Gasteiger partial charge in [-0.3, -0.25) is 4.79 Å². The minimum atomic E-state index is -0.0846. The number of phenolic OH excluding ortho intramolecular Hbond substituents is 1. The molecule has 1 N–H and O–H groups in total. The quantitative estimate of drug-likeness (QED) is 0.629. The van der Waals surface area contributed by atoms with Crippen LogP contribution in [0.15, 0.2) is 18.2 Å². The Morgan fingerprint density at radius 3 is 2.75 bits per heavy atom. The van der Waals surface area contributed by atoms with E-state index in [1.54, 1.807) is 24.1 Å². The Hall–Kier alpha value is -0.300. The monoisotopic (exact) mass is 397 g/mol. The highest BCUT2D eigenvalue weighted by Gasteiger charge is 2.17. The lowest BCUT2D eigenvalue weighted by molar-refractivity contribution is 0.0757. The third-order valence-electron chi connectivity index (χ3n) is 2.40. The van der Waals surface area contributed by atoms with Crippen molar-refractivity contribution in [1.29, 1.82) is 0 Å². The molecule has 16 heavy (non-hydrogen) atoms. The first-order valence-corrected chi connectivity index (χ1v) is 6.99. The van der Waals surface area contributed by atoms with Crippen molar-refractivity contribution in [2.45, 2.75) is 13.0 Å². The lowest BCUT2D eigenvalue weighted by atomic mass is 10.2. The number of carbonyl (C=O) groups is 1. The number of alkyl halides is 1. The normalized spacial score (nSPS) is 12.2. The van der Waals surface area contributed by atoms with Crippen LogP contribution < -0.4 is 0 Å². The zero-order valence-corrected chi connectivity index (χ0v) is 12.8. The first kappa shape index (κ1) is 13.8. The molecule has 0 saturated carbocycles. The topological polar surface area (TPSA) is 40.5 Å². The fourth-order valence-corrected chi connectivity index (χ4v) is 1.92. The molecule has 1 unspecified atom stereocenters. The van der Waals surface area contributed by atoms with Crippen LogP contribution in [0.5, 0.6) is 5.75 Å². The van der Waals surface area contributed by atoms with Crippen molar-refractivity contribution >= 4 is 44.4 Å². The summed E-state index contributed by atoms with van der Waals surface area (Å²) in [5.41, 5.74) is 0.508. The standard InChI is InChI=1S/C11H13BrINO2/c1-7(6-12)14(2)11(16)8-3-4-9(13)10(15)5-8/h3-5,7,15H,6H2,1-2H3. The largest absolute Gasteiger partial charge is 0.507 e. The Labute approximate surface area is 117 Å². The molecule has 0 spiro atoms. The minimum absolute atomic E-state index is 0.0846. The maximum atomic E-state index is 12.0. The molecule has 0 heterocycles. The zero-order valence-electron chi connectivity index (χ0n) is 9.08. The fourth-order valence-electron chi connectivity index (χ4n) is 1.15. The molecular formula is C11H13BrINO2. The highest BCUT2D eigenvalue weighted by Crippen LogP contribution is 2.21. The smallest absolute Gasteiger partial charge is 0.253 e. The third kappa shape index (κ3) is 3.10. The van der Waals surface area contributed by atoms with Gasteiger partial charge in [0.2, 0.25) is 0 Å². The van der Waals surface area contributed by atoms with Crippen molar-refractivity contribution in [2.75, 3.05) is 12.4 Å². The van der Waals surface area contributed by atoms with Gasteiger partial charge in [0.15, 0.2) is 0 Å². The predicted octanol–water partition coefficient (Wildman–Crippen LogP) is 2.85. The molecular weight excluding hydrogens is 385 g/mol. The van der Waals surface area contributed by atoms with E-state index in [1.165, 1.54) is 6.07 Å². The van der Waals surface area contributed by atoms with Crippen LogP contribution in [0.4, 0.5) is 0 Å². The van der Waals surface area contributed by atoms with E-state index < -0.39 is 0 Å². The lowest BCUT2D eigenvalue weighted by Crippen LogP contribution is -2.36. The second kappa shape index (κ2) is 5.86. The molecule has 1 aromatic carbocycles. The zero-order chi connectivity index (χ0) is 12.3. The summed E-state index contributed by atoms with van der Waals surface area (Å²) >= 11 is 5.36. The van der Waals surface area contributed by atoms with E-state index in [4.69, 9.17) is 0 Å². The minimum Gasteiger partial charge on any atom is -0.507 e. The third-order valence-corrected chi connectivity index (χ3v) is 4.25. The number of carbonyl (C=O) groups excluding carboxylic acids is 1. The molecule has 88 valence electrons. The van der Waals surface area contributed by atoms with Crippen molar-refractivity contribution in [2.24, 2.45) is 0 Å². The Bertz CT molecular complexity index is 398. The van der Waals surface area contributed by atoms with E-state index in [9.17, 15) is 9.90 Å². The number of amides is 1. The van der Waals surface area contributed by atoms with Crippen molar-refractivity contribution in [3.8, 4) is 5.75 Å². The van der Waals surface area contributed by atoms with Crippen LogP contribution in [0.25, 0.3) is 0 Å². The first-order valence-electron chi connectivity index (χ1n) is 4.79. The number of hydrogen-bond acceptors (Lipinski definition) is 2. The lowest BCUT2D eigenvalue weighted by Gasteiger charge is -2.23. The summed E-state index contributed by atoms with van der Waals surface area (Å²) in [7, 11) is 1.75. The van der Waals surface area contributed by atoms with Gasteiger partial charge >= 0.3 is 0 Å². The molecule has 1 atom stereocenters. The molecule has 1 rings (SSSR count). The van der Waals surface area contributed by atoms with Gasteiger partial charge in [-0.05, 0) is 47.7 Å². The van der Waals surface area contributed by atoms with E-state index in [1.807, 2.05) is 29.5 Å². The molecule has 0 aliphatic carbocycles. The number of nitrogens with zero attached hydrogens (tertiary/aromatic N) is 1. The van der Waals surface area contributed by atoms with Gasteiger partial charge in [0, 0.05) is 24.0 Å². The van der Waals surface area contributed by atoms with Crippen LogP contribution in [0.3, 0.4) is 0 Å². The molecule has 1 amide bonds. The number of rotatable bonds is 3. The highest BCUT2D eigenvalue weighted by atomic mass is 127. The van der Waals surface area contributed by atoms with Crippen molar-refractivity contribution in [3.63, 3.8) is 0 Å². The molecule has 5 heteroatoms. The van der Waals surface area contributed by atoms with Crippen LogP contribution in [0.1, 0.15) is 17.3 Å². The fraction of sp³-hybridized carbons (Fsp3) is 0.364. The highest BCUT2D eigenvalue weighted by molar-refractivity contribution is 14.1. The Morgan fingerprint density at radius 2 is 2.25 bits per heavy atom. The second-order valence-corrected chi connectivity index (χ2v) is 5.40. The molecule has 1 aromatic rings. The number of hydrogen-bond donors (Lipinski definition) is 1. The Balaban J connectivity index is 2.92. The van der Waals surface area contributed by atoms with Gasteiger partial charge < -0.3 is 10.0 Å². The number of phenols is 1. The van der Waals surface area contributed by atoms with E-state index in [0.29, 0.717) is 5.56 Å². The summed E-state index contributed by atoms with van der Waals surface area (Å²) in [4.78, 5) is 13.6. The van der Waals surface area contributed by atoms with Gasteiger partial charge in [-0.2, -0.15) is 0 Å². The second-order valence-electron chi connectivity index (χ2n) is 3.59. The summed E-state index contributed by atoms with van der Waals surface area (Å²) in [6.07, 6.45) is 0. The molecule has 0 radical (unpaired) electrons. The molecule has 0 bridgehead atoms. The molecule has 0 aromatic heterocycles. The van der Waals surface area contributed by atoms with Gasteiger partial charge in [0.1, 0.15) is 5.75 Å². The van der Waals surface area contributed by atoms with E-state index in [2.05, 4.69) is 15.9 Å². The SMILES string of the molecule is CC(CBr)N(C)C(=O)c1ccc(I)c(O)c1. The van der Waals surface area contributed by atoms with Gasteiger partial charge in [-0.15, -0.1) is 0 Å². The van der Waals surface area contributed by atoms with Crippen LogP contribution >= 0.6 is 38.5 Å². The summed E-state index contributed by atoms with van der Waals surface area (Å²) in [5, 5.41) is 10.3. The first-order chi connectivity index (χ1) is 7.47. The van der Waals surface area contributed by atoms with Gasteiger partial charge in [0.25, 0.3) is 5.91 Å².